The lowest BCUT2D eigenvalue weighted by Crippen LogP contribution is -3.12. The molecule has 4 nitrogen and oxygen atoms in total. The second-order valence-corrected chi connectivity index (χ2v) is 7.89. The third-order valence-electron chi connectivity index (χ3n) is 4.37. The van der Waals surface area contributed by atoms with Gasteiger partial charge in [-0.1, -0.05) is 11.6 Å². The third kappa shape index (κ3) is 5.13. The van der Waals surface area contributed by atoms with E-state index in [1.54, 1.807) is 24.3 Å². The number of nitrogens with zero attached hydrogens (tertiary/aromatic N) is 1. The number of nitrogens with one attached hydrogen (secondary N) is 2. The zero-order valence-corrected chi connectivity index (χ0v) is 16.2. The monoisotopic (exact) mass is 394 g/mol. The van der Waals surface area contributed by atoms with Crippen LogP contribution in [0.15, 0.2) is 47.4 Å². The quantitative estimate of drug-likeness (QED) is 0.765. The van der Waals surface area contributed by atoms with Gasteiger partial charge in [0.1, 0.15) is 5.82 Å². The van der Waals surface area contributed by atoms with Crippen LogP contribution in [-0.2, 0) is 4.79 Å². The van der Waals surface area contributed by atoms with Gasteiger partial charge in [-0.05, 0) is 42.5 Å². The van der Waals surface area contributed by atoms with Gasteiger partial charge < -0.3 is 15.1 Å². The van der Waals surface area contributed by atoms with Gasteiger partial charge in [-0.15, -0.1) is 11.8 Å². The Hall–Kier alpha value is -1.76. The Kier molecular flexibility index (Phi) is 6.40. The Labute approximate surface area is 162 Å². The number of quaternary nitrogens is 1. The van der Waals surface area contributed by atoms with Crippen molar-refractivity contribution in [2.75, 3.05) is 49.2 Å². The van der Waals surface area contributed by atoms with Crippen LogP contribution in [0.3, 0.4) is 0 Å². The topological polar surface area (TPSA) is 36.8 Å². The van der Waals surface area contributed by atoms with E-state index < -0.39 is 0 Å². The molecule has 0 aromatic heterocycles. The Morgan fingerprint density at radius 1 is 1.23 bits per heavy atom. The number of amides is 1. The number of halogens is 2. The molecular formula is C19H22ClFN3OS+. The van der Waals surface area contributed by atoms with Crippen molar-refractivity contribution < 1.29 is 14.1 Å². The number of hydrogen-bond acceptors (Lipinski definition) is 3. The fourth-order valence-electron chi connectivity index (χ4n) is 2.85. The van der Waals surface area contributed by atoms with Crippen molar-refractivity contribution in [3.05, 3.63) is 53.3 Å². The van der Waals surface area contributed by atoms with Crippen LogP contribution in [-0.4, -0.2) is 44.9 Å². The van der Waals surface area contributed by atoms with Crippen LogP contribution < -0.4 is 15.1 Å². The maximum atomic E-state index is 14.5. The summed E-state index contributed by atoms with van der Waals surface area (Å²) in [6.45, 7) is 3.68. The number of carbonyl (C=O) groups is 1. The van der Waals surface area contributed by atoms with E-state index in [1.165, 1.54) is 22.7 Å². The van der Waals surface area contributed by atoms with Crippen LogP contribution in [0.4, 0.5) is 15.8 Å². The highest BCUT2D eigenvalue weighted by Gasteiger charge is 2.19. The zero-order chi connectivity index (χ0) is 18.5. The molecule has 3 rings (SSSR count). The minimum absolute atomic E-state index is 0.166. The van der Waals surface area contributed by atoms with E-state index in [0.29, 0.717) is 16.4 Å². The van der Waals surface area contributed by atoms with Gasteiger partial charge in [-0.2, -0.15) is 0 Å². The minimum atomic E-state index is -0.298. The van der Waals surface area contributed by atoms with E-state index in [-0.39, 0.29) is 17.5 Å². The van der Waals surface area contributed by atoms with Crippen molar-refractivity contribution in [3.63, 3.8) is 0 Å². The number of likely N-dealkylation sites (N-methyl/N-ethyl adjacent to an activating group) is 1. The van der Waals surface area contributed by atoms with Gasteiger partial charge in [-0.3, -0.25) is 4.79 Å². The fourth-order valence-corrected chi connectivity index (χ4v) is 3.67. The molecule has 1 fully saturated rings. The molecule has 0 unspecified atom stereocenters. The molecule has 0 atom stereocenters. The summed E-state index contributed by atoms with van der Waals surface area (Å²) in [6, 6.07) is 12.2. The molecule has 2 aromatic carbocycles. The number of carbonyl (C=O) groups excluding carboxylic acids is 1. The van der Waals surface area contributed by atoms with Crippen LogP contribution >= 0.6 is 23.4 Å². The first-order chi connectivity index (χ1) is 12.5. The first kappa shape index (κ1) is 19.0. The van der Waals surface area contributed by atoms with E-state index in [4.69, 9.17) is 11.6 Å². The van der Waals surface area contributed by atoms with E-state index in [0.717, 1.165) is 31.1 Å². The zero-order valence-electron chi connectivity index (χ0n) is 14.6. The first-order valence-corrected chi connectivity index (χ1v) is 9.91. The normalized spacial score (nSPS) is 15.1. The standard InChI is InChI=1S/C19H21ClFN3OS/c1-23-8-10-24(11-9-23)18-7-4-15(12-17(18)21)22-19(25)13-26-16-5-2-14(20)3-6-16/h2-7,12H,8-11,13H2,1H3,(H,22,25)/p+1. The second kappa shape index (κ2) is 8.75. The Balaban J connectivity index is 1.55. The molecule has 0 spiro atoms. The van der Waals surface area contributed by atoms with Crippen molar-refractivity contribution in [2.45, 2.75) is 4.90 Å². The van der Waals surface area contributed by atoms with Gasteiger partial charge in [0.25, 0.3) is 0 Å². The fraction of sp³-hybridized carbons (Fsp3) is 0.316. The smallest absolute Gasteiger partial charge is 0.234 e. The van der Waals surface area contributed by atoms with Gasteiger partial charge in [0, 0.05) is 15.6 Å². The largest absolute Gasteiger partial charge is 0.358 e. The first-order valence-electron chi connectivity index (χ1n) is 8.55. The molecule has 26 heavy (non-hydrogen) atoms. The van der Waals surface area contributed by atoms with Crippen molar-refractivity contribution in [2.24, 2.45) is 0 Å². The van der Waals surface area contributed by atoms with Crippen molar-refractivity contribution >= 4 is 40.6 Å². The summed E-state index contributed by atoms with van der Waals surface area (Å²) in [7, 11) is 2.15. The molecule has 1 aliphatic heterocycles. The number of rotatable bonds is 5. The van der Waals surface area contributed by atoms with E-state index in [2.05, 4.69) is 17.3 Å². The molecule has 0 radical (unpaired) electrons. The molecular weight excluding hydrogens is 373 g/mol. The van der Waals surface area contributed by atoms with Crippen LogP contribution in [0.2, 0.25) is 5.02 Å². The molecule has 138 valence electrons. The van der Waals surface area contributed by atoms with Gasteiger partial charge in [-0.25, -0.2) is 4.39 Å². The number of anilines is 2. The molecule has 1 saturated heterocycles. The van der Waals surface area contributed by atoms with Crippen molar-refractivity contribution in [1.29, 1.82) is 0 Å². The summed E-state index contributed by atoms with van der Waals surface area (Å²) >= 11 is 7.26. The van der Waals surface area contributed by atoms with Crippen LogP contribution in [0, 0.1) is 5.82 Å². The van der Waals surface area contributed by atoms with Crippen molar-refractivity contribution in [1.82, 2.24) is 0 Å². The maximum Gasteiger partial charge on any atom is 0.234 e. The predicted molar refractivity (Wildman–Crippen MR) is 106 cm³/mol. The summed E-state index contributed by atoms with van der Waals surface area (Å²) in [5.41, 5.74) is 1.08. The number of thioether (sulfide) groups is 1. The molecule has 1 heterocycles. The van der Waals surface area contributed by atoms with Gasteiger partial charge in [0.15, 0.2) is 0 Å². The molecule has 2 aromatic rings. The molecule has 0 saturated carbocycles. The van der Waals surface area contributed by atoms with Gasteiger partial charge >= 0.3 is 0 Å². The summed E-state index contributed by atoms with van der Waals surface area (Å²) < 4.78 is 14.5. The number of benzene rings is 2. The lowest BCUT2D eigenvalue weighted by molar-refractivity contribution is -0.880. The average Bonchev–Trinajstić information content (AvgIpc) is 2.62. The van der Waals surface area contributed by atoms with Gasteiger partial charge in [0.2, 0.25) is 5.91 Å². The van der Waals surface area contributed by atoms with Crippen LogP contribution in [0.1, 0.15) is 0 Å². The maximum absolute atomic E-state index is 14.5. The highest BCUT2D eigenvalue weighted by Crippen LogP contribution is 2.24. The Morgan fingerprint density at radius 2 is 1.92 bits per heavy atom. The second-order valence-electron chi connectivity index (χ2n) is 6.40. The summed E-state index contributed by atoms with van der Waals surface area (Å²) in [5, 5.41) is 3.42. The average molecular weight is 395 g/mol. The molecule has 1 aliphatic rings. The summed E-state index contributed by atoms with van der Waals surface area (Å²) in [5.74, 6) is -0.209. The lowest BCUT2D eigenvalue weighted by Gasteiger charge is -2.32. The molecule has 0 bridgehead atoms. The lowest BCUT2D eigenvalue weighted by atomic mass is 10.2. The van der Waals surface area contributed by atoms with Crippen LogP contribution in [0.5, 0.6) is 0 Å². The Morgan fingerprint density at radius 3 is 2.58 bits per heavy atom. The highest BCUT2D eigenvalue weighted by atomic mass is 35.5. The van der Waals surface area contributed by atoms with Crippen molar-refractivity contribution in [3.8, 4) is 0 Å². The molecule has 7 heteroatoms. The highest BCUT2D eigenvalue weighted by molar-refractivity contribution is 8.00. The predicted octanol–water partition coefficient (Wildman–Crippen LogP) is 2.54. The molecule has 2 N–H and O–H groups in total. The SMILES string of the molecule is C[NH+]1CCN(c2ccc(NC(=O)CSc3ccc(Cl)cc3)cc2F)CC1. The third-order valence-corrected chi connectivity index (χ3v) is 5.64. The van der Waals surface area contributed by atoms with Gasteiger partial charge in [0.05, 0.1) is 44.7 Å². The molecule has 0 aliphatic carbocycles. The summed E-state index contributed by atoms with van der Waals surface area (Å²) in [4.78, 5) is 16.6. The number of piperazine rings is 1. The minimum Gasteiger partial charge on any atom is -0.358 e. The van der Waals surface area contributed by atoms with Crippen LogP contribution in [0.25, 0.3) is 0 Å². The van der Waals surface area contributed by atoms with E-state index in [9.17, 15) is 9.18 Å². The number of hydrogen-bond donors (Lipinski definition) is 2. The van der Waals surface area contributed by atoms with E-state index in [1.807, 2.05) is 12.1 Å². The summed E-state index contributed by atoms with van der Waals surface area (Å²) in [6.07, 6.45) is 0. The Bertz CT molecular complexity index is 764. The molecule has 1 amide bonds. The van der Waals surface area contributed by atoms with E-state index >= 15 is 0 Å².